The quantitative estimate of drug-likeness (QED) is 0.633. The van der Waals surface area contributed by atoms with Crippen molar-refractivity contribution in [2.75, 3.05) is 25.3 Å². The zero-order valence-corrected chi connectivity index (χ0v) is 18.0. The third-order valence-electron chi connectivity index (χ3n) is 5.67. The molecule has 0 radical (unpaired) electrons. The summed E-state index contributed by atoms with van der Waals surface area (Å²) in [7, 11) is 0. The molecule has 4 rings (SSSR count). The Balaban J connectivity index is 1.20. The first-order chi connectivity index (χ1) is 14.9. The summed E-state index contributed by atoms with van der Waals surface area (Å²) in [4.78, 5) is 23.7. The van der Waals surface area contributed by atoms with E-state index in [9.17, 15) is 9.59 Å². The predicted molar refractivity (Wildman–Crippen MR) is 117 cm³/mol. The minimum atomic E-state index is -0.230. The molecular formula is C24H28N2O5. The fraction of sp³-hybridized carbons (Fsp3) is 0.417. The first-order valence-corrected chi connectivity index (χ1v) is 10.6. The van der Waals surface area contributed by atoms with E-state index in [1.807, 2.05) is 36.4 Å². The van der Waals surface area contributed by atoms with Crippen molar-refractivity contribution in [3.8, 4) is 17.2 Å². The third-order valence-corrected chi connectivity index (χ3v) is 5.67. The second-order valence-corrected chi connectivity index (χ2v) is 8.55. The first-order valence-electron chi connectivity index (χ1n) is 10.6. The Morgan fingerprint density at radius 2 is 1.97 bits per heavy atom. The van der Waals surface area contributed by atoms with E-state index < -0.39 is 0 Å². The molecule has 164 valence electrons. The lowest BCUT2D eigenvalue weighted by Gasteiger charge is -2.26. The lowest BCUT2D eigenvalue weighted by atomic mass is 9.84. The van der Waals surface area contributed by atoms with E-state index in [2.05, 4.69) is 24.5 Å². The predicted octanol–water partition coefficient (Wildman–Crippen LogP) is 3.55. The van der Waals surface area contributed by atoms with E-state index in [1.165, 1.54) is 0 Å². The second-order valence-electron chi connectivity index (χ2n) is 8.55. The van der Waals surface area contributed by atoms with Crippen LogP contribution in [0.1, 0.15) is 44.2 Å². The Morgan fingerprint density at radius 1 is 1.13 bits per heavy atom. The normalized spacial score (nSPS) is 14.6. The van der Waals surface area contributed by atoms with Crippen LogP contribution in [0, 0.1) is 0 Å². The molecule has 31 heavy (non-hydrogen) atoms. The van der Waals surface area contributed by atoms with Gasteiger partial charge < -0.3 is 24.8 Å². The van der Waals surface area contributed by atoms with Gasteiger partial charge in [-0.05, 0) is 54.3 Å². The summed E-state index contributed by atoms with van der Waals surface area (Å²) >= 11 is 0. The van der Waals surface area contributed by atoms with Gasteiger partial charge >= 0.3 is 0 Å². The number of aryl methyl sites for hydroxylation is 1. The monoisotopic (exact) mass is 424 g/mol. The molecule has 7 heteroatoms. The van der Waals surface area contributed by atoms with Crippen LogP contribution in [0.2, 0.25) is 0 Å². The molecule has 0 unspecified atom stereocenters. The van der Waals surface area contributed by atoms with Crippen LogP contribution >= 0.6 is 0 Å². The summed E-state index contributed by atoms with van der Waals surface area (Å²) in [6.07, 6.45) is 2.25. The molecule has 0 fully saturated rings. The molecular weight excluding hydrogens is 396 g/mol. The van der Waals surface area contributed by atoms with Gasteiger partial charge in [0.05, 0.1) is 6.61 Å². The highest BCUT2D eigenvalue weighted by molar-refractivity contribution is 5.94. The van der Waals surface area contributed by atoms with E-state index in [1.54, 1.807) is 0 Å². The van der Waals surface area contributed by atoms with E-state index in [0.717, 1.165) is 40.5 Å². The molecule has 2 aromatic carbocycles. The van der Waals surface area contributed by atoms with Crippen LogP contribution in [0.3, 0.4) is 0 Å². The summed E-state index contributed by atoms with van der Waals surface area (Å²) in [5.74, 6) is 2.32. The molecule has 0 spiro atoms. The van der Waals surface area contributed by atoms with Crippen molar-refractivity contribution in [2.24, 2.45) is 0 Å². The van der Waals surface area contributed by atoms with E-state index >= 15 is 0 Å². The number of rotatable bonds is 8. The smallest absolute Gasteiger partial charge is 0.231 e. The topological polar surface area (TPSA) is 85.9 Å². The molecule has 2 amide bonds. The molecule has 0 aliphatic carbocycles. The van der Waals surface area contributed by atoms with Crippen molar-refractivity contribution in [1.29, 1.82) is 0 Å². The van der Waals surface area contributed by atoms with Gasteiger partial charge in [-0.3, -0.25) is 9.59 Å². The number of benzene rings is 2. The summed E-state index contributed by atoms with van der Waals surface area (Å²) in [5.41, 5.74) is 2.80. The Hall–Kier alpha value is -3.22. The van der Waals surface area contributed by atoms with Gasteiger partial charge in [0.15, 0.2) is 11.5 Å². The molecule has 2 aromatic rings. The minimum Gasteiger partial charge on any atom is -0.494 e. The number of carbonyl (C=O) groups excluding carboxylic acids is 2. The maximum atomic E-state index is 12.3. The highest BCUT2D eigenvalue weighted by Gasteiger charge is 2.24. The van der Waals surface area contributed by atoms with Crippen LogP contribution in [0.5, 0.6) is 17.2 Å². The van der Waals surface area contributed by atoms with Crippen LogP contribution in [0.4, 0.5) is 5.69 Å². The van der Waals surface area contributed by atoms with E-state index in [-0.39, 0.29) is 24.0 Å². The van der Waals surface area contributed by atoms with E-state index in [4.69, 9.17) is 14.2 Å². The van der Waals surface area contributed by atoms with Gasteiger partial charge in [0.25, 0.3) is 0 Å². The van der Waals surface area contributed by atoms with Crippen LogP contribution in [0.15, 0.2) is 36.4 Å². The van der Waals surface area contributed by atoms with Gasteiger partial charge in [-0.1, -0.05) is 19.9 Å². The summed E-state index contributed by atoms with van der Waals surface area (Å²) in [6.45, 7) is 5.42. The van der Waals surface area contributed by atoms with Gasteiger partial charge in [0.2, 0.25) is 18.6 Å². The number of nitrogens with one attached hydrogen (secondary N) is 2. The van der Waals surface area contributed by atoms with Crippen LogP contribution in [-0.2, 0) is 21.4 Å². The zero-order valence-electron chi connectivity index (χ0n) is 18.0. The van der Waals surface area contributed by atoms with Gasteiger partial charge in [-0.2, -0.15) is 0 Å². The van der Waals surface area contributed by atoms with Gasteiger partial charge in [-0.25, -0.2) is 0 Å². The van der Waals surface area contributed by atoms with Crippen molar-refractivity contribution in [1.82, 2.24) is 5.32 Å². The molecule has 0 bridgehead atoms. The summed E-state index contributed by atoms with van der Waals surface area (Å²) in [6, 6.07) is 11.6. The molecule has 0 saturated heterocycles. The maximum absolute atomic E-state index is 12.3. The number of hydrogen-bond acceptors (Lipinski definition) is 5. The lowest BCUT2D eigenvalue weighted by Crippen LogP contribution is -2.36. The van der Waals surface area contributed by atoms with E-state index in [0.29, 0.717) is 32.4 Å². The fourth-order valence-corrected chi connectivity index (χ4v) is 3.70. The lowest BCUT2D eigenvalue weighted by molar-refractivity contribution is -0.121. The fourth-order valence-electron chi connectivity index (χ4n) is 3.70. The molecule has 7 nitrogen and oxygen atoms in total. The molecule has 0 aromatic heterocycles. The number of carbonyl (C=O) groups is 2. The molecule has 2 heterocycles. The molecule has 2 aliphatic heterocycles. The van der Waals surface area contributed by atoms with Gasteiger partial charge in [0, 0.05) is 30.5 Å². The Kier molecular flexibility index (Phi) is 6.02. The van der Waals surface area contributed by atoms with Gasteiger partial charge in [-0.15, -0.1) is 0 Å². The van der Waals surface area contributed by atoms with Crippen molar-refractivity contribution >= 4 is 17.5 Å². The molecule has 2 aliphatic rings. The van der Waals surface area contributed by atoms with Crippen LogP contribution in [-0.4, -0.2) is 31.8 Å². The maximum Gasteiger partial charge on any atom is 0.231 e. The Bertz CT molecular complexity index is 986. The highest BCUT2D eigenvalue weighted by atomic mass is 16.7. The SMILES string of the molecule is CC(C)(CNC(=O)CCCOc1ccc2c(c1)CCC(=O)N2)c1ccc2c(c1)OCO2. The number of fused-ring (bicyclic) bond motifs is 2. The molecule has 2 N–H and O–H groups in total. The third kappa shape index (κ3) is 5.10. The van der Waals surface area contributed by atoms with Crippen molar-refractivity contribution in [2.45, 2.75) is 44.9 Å². The number of hydrogen-bond donors (Lipinski definition) is 2. The number of amides is 2. The first kappa shape index (κ1) is 21.0. The molecule has 0 atom stereocenters. The largest absolute Gasteiger partial charge is 0.494 e. The van der Waals surface area contributed by atoms with Crippen molar-refractivity contribution < 1.29 is 23.8 Å². The second kappa shape index (κ2) is 8.88. The number of ether oxygens (including phenoxy) is 3. The summed E-state index contributed by atoms with van der Waals surface area (Å²) in [5, 5.41) is 5.88. The number of anilines is 1. The molecule has 0 saturated carbocycles. The Labute approximate surface area is 182 Å². The van der Waals surface area contributed by atoms with Crippen molar-refractivity contribution in [3.63, 3.8) is 0 Å². The van der Waals surface area contributed by atoms with Crippen LogP contribution < -0.4 is 24.8 Å². The minimum absolute atomic E-state index is 0.00516. The average Bonchev–Trinajstić information content (AvgIpc) is 3.23. The highest BCUT2D eigenvalue weighted by Crippen LogP contribution is 2.36. The summed E-state index contributed by atoms with van der Waals surface area (Å²) < 4.78 is 16.6. The Morgan fingerprint density at radius 3 is 2.84 bits per heavy atom. The average molecular weight is 424 g/mol. The zero-order chi connectivity index (χ0) is 21.8. The van der Waals surface area contributed by atoms with Crippen LogP contribution in [0.25, 0.3) is 0 Å². The standard InChI is InChI=1S/C24H28N2O5/c1-24(2,17-6-9-20-21(13-17)31-15-30-20)14-25-22(27)4-3-11-29-18-7-8-19-16(12-18)5-10-23(28)26-19/h6-9,12-13H,3-5,10-11,14-15H2,1-2H3,(H,25,27)(H,26,28). The van der Waals surface area contributed by atoms with Crippen molar-refractivity contribution in [3.05, 3.63) is 47.5 Å². The van der Waals surface area contributed by atoms with Gasteiger partial charge in [0.1, 0.15) is 5.75 Å².